The molecule has 1 aromatic heterocycles. The van der Waals surface area contributed by atoms with Gasteiger partial charge in [0.05, 0.1) is 29.9 Å². The fourth-order valence-corrected chi connectivity index (χ4v) is 3.15. The Labute approximate surface area is 194 Å². The summed E-state index contributed by atoms with van der Waals surface area (Å²) in [6.07, 6.45) is 2.51. The Hall–Kier alpha value is -4.21. The molecule has 0 saturated carbocycles. The number of rotatable bonds is 9. The van der Waals surface area contributed by atoms with E-state index in [9.17, 15) is 18.4 Å². The molecule has 0 bridgehead atoms. The molecule has 0 fully saturated rings. The monoisotopic (exact) mass is 471 g/mol. The fraction of sp³-hybridized carbons (Fsp3) is 0.208. The standard InChI is InChI=1S/C24H23F2N3O5/c1-15-23(16(2)29(28-15)18-7-5-4-6-8-18)27-21(30)14-33-22(31)12-10-17-9-11-19(34-24(25)26)20(13-17)32-3/h4-13,24H,14H2,1-3H3,(H,27,30)/b12-10+. The molecule has 2 aromatic carbocycles. The minimum absolute atomic E-state index is 0.0805. The molecule has 1 amide bonds. The van der Waals surface area contributed by atoms with Crippen LogP contribution in [0.3, 0.4) is 0 Å². The van der Waals surface area contributed by atoms with E-state index in [0.29, 0.717) is 16.9 Å². The first kappa shape index (κ1) is 24.4. The number of carbonyl (C=O) groups is 2. The van der Waals surface area contributed by atoms with E-state index < -0.39 is 25.1 Å². The number of methoxy groups -OCH3 is 1. The van der Waals surface area contributed by atoms with E-state index in [-0.39, 0.29) is 11.5 Å². The summed E-state index contributed by atoms with van der Waals surface area (Å²) in [6.45, 7) is 0.103. The minimum atomic E-state index is -2.99. The number of amides is 1. The molecule has 0 saturated heterocycles. The van der Waals surface area contributed by atoms with Gasteiger partial charge < -0.3 is 19.5 Å². The van der Waals surface area contributed by atoms with Gasteiger partial charge in [-0.1, -0.05) is 24.3 Å². The van der Waals surface area contributed by atoms with Gasteiger partial charge in [-0.25, -0.2) is 9.48 Å². The second kappa shape index (κ2) is 11.1. The normalized spacial score (nSPS) is 11.0. The Morgan fingerprint density at radius 3 is 2.53 bits per heavy atom. The molecule has 0 aliphatic carbocycles. The smallest absolute Gasteiger partial charge is 0.387 e. The second-order valence-electron chi connectivity index (χ2n) is 7.07. The number of aromatic nitrogens is 2. The lowest BCUT2D eigenvalue weighted by Gasteiger charge is -2.10. The van der Waals surface area contributed by atoms with Crippen LogP contribution in [0.2, 0.25) is 0 Å². The predicted molar refractivity (Wildman–Crippen MR) is 121 cm³/mol. The Bertz CT molecular complexity index is 1190. The van der Waals surface area contributed by atoms with Crippen LogP contribution < -0.4 is 14.8 Å². The molecule has 34 heavy (non-hydrogen) atoms. The van der Waals surface area contributed by atoms with Crippen molar-refractivity contribution >= 4 is 23.6 Å². The van der Waals surface area contributed by atoms with Crippen molar-refractivity contribution in [3.63, 3.8) is 0 Å². The number of carbonyl (C=O) groups excluding carboxylic acids is 2. The SMILES string of the molecule is COc1cc(/C=C/C(=O)OCC(=O)Nc2c(C)nn(-c3ccccc3)c2C)ccc1OC(F)F. The van der Waals surface area contributed by atoms with Crippen molar-refractivity contribution < 1.29 is 32.6 Å². The number of hydrogen-bond donors (Lipinski definition) is 1. The molecule has 178 valence electrons. The lowest BCUT2D eigenvalue weighted by atomic mass is 10.2. The first-order valence-electron chi connectivity index (χ1n) is 10.2. The average Bonchev–Trinajstić information content (AvgIpc) is 3.10. The molecule has 1 N–H and O–H groups in total. The highest BCUT2D eigenvalue weighted by molar-refractivity contribution is 5.95. The highest BCUT2D eigenvalue weighted by Crippen LogP contribution is 2.30. The molecule has 0 aliphatic rings. The number of alkyl halides is 2. The second-order valence-corrected chi connectivity index (χ2v) is 7.07. The molecule has 0 atom stereocenters. The van der Waals surface area contributed by atoms with Crippen LogP contribution in [0.5, 0.6) is 11.5 Å². The van der Waals surface area contributed by atoms with Crippen molar-refractivity contribution in [3.05, 3.63) is 71.6 Å². The number of aryl methyl sites for hydroxylation is 1. The number of halogens is 2. The summed E-state index contributed by atoms with van der Waals surface area (Å²) < 4.78 is 40.9. The number of nitrogens with one attached hydrogen (secondary N) is 1. The summed E-state index contributed by atoms with van der Waals surface area (Å²) in [5, 5.41) is 7.17. The zero-order valence-electron chi connectivity index (χ0n) is 18.7. The minimum Gasteiger partial charge on any atom is -0.493 e. The quantitative estimate of drug-likeness (QED) is 0.370. The van der Waals surface area contributed by atoms with E-state index in [1.807, 2.05) is 37.3 Å². The molecule has 3 rings (SSSR count). The van der Waals surface area contributed by atoms with Crippen molar-refractivity contribution in [2.24, 2.45) is 0 Å². The third-order valence-corrected chi connectivity index (χ3v) is 4.72. The Morgan fingerprint density at radius 1 is 1.12 bits per heavy atom. The van der Waals surface area contributed by atoms with Gasteiger partial charge in [-0.05, 0) is 49.8 Å². The van der Waals surface area contributed by atoms with Crippen LogP contribution in [-0.4, -0.2) is 42.0 Å². The zero-order valence-corrected chi connectivity index (χ0v) is 18.7. The third kappa shape index (κ3) is 6.18. The number of nitrogens with zero attached hydrogens (tertiary/aromatic N) is 2. The summed E-state index contributed by atoms with van der Waals surface area (Å²) in [4.78, 5) is 24.3. The van der Waals surface area contributed by atoms with Gasteiger partial charge in [0.1, 0.15) is 0 Å². The van der Waals surface area contributed by atoms with Gasteiger partial charge in [0.25, 0.3) is 5.91 Å². The summed E-state index contributed by atoms with van der Waals surface area (Å²) in [7, 11) is 1.31. The molecule has 8 nitrogen and oxygen atoms in total. The van der Waals surface area contributed by atoms with Crippen LogP contribution in [0, 0.1) is 13.8 Å². The molecule has 10 heteroatoms. The highest BCUT2D eigenvalue weighted by Gasteiger charge is 2.16. The first-order chi connectivity index (χ1) is 16.3. The molecular formula is C24H23F2N3O5. The highest BCUT2D eigenvalue weighted by atomic mass is 19.3. The molecule has 0 spiro atoms. The van der Waals surface area contributed by atoms with Gasteiger partial charge in [0.2, 0.25) is 0 Å². The van der Waals surface area contributed by atoms with E-state index in [4.69, 9.17) is 9.47 Å². The summed E-state index contributed by atoms with van der Waals surface area (Å²) in [6, 6.07) is 13.6. The number of para-hydroxylation sites is 1. The van der Waals surface area contributed by atoms with Crippen LogP contribution in [0.4, 0.5) is 14.5 Å². The number of esters is 1. The zero-order chi connectivity index (χ0) is 24.7. The van der Waals surface area contributed by atoms with E-state index in [1.54, 1.807) is 11.6 Å². The van der Waals surface area contributed by atoms with Crippen LogP contribution in [0.1, 0.15) is 17.0 Å². The Morgan fingerprint density at radius 2 is 1.85 bits per heavy atom. The Kier molecular flexibility index (Phi) is 7.96. The van der Waals surface area contributed by atoms with Crippen molar-refractivity contribution in [2.45, 2.75) is 20.5 Å². The van der Waals surface area contributed by atoms with E-state index >= 15 is 0 Å². The molecular weight excluding hydrogens is 448 g/mol. The number of anilines is 1. The largest absolute Gasteiger partial charge is 0.493 e. The third-order valence-electron chi connectivity index (χ3n) is 4.72. The van der Waals surface area contributed by atoms with E-state index in [1.165, 1.54) is 31.4 Å². The fourth-order valence-electron chi connectivity index (χ4n) is 3.15. The molecule has 0 aliphatic heterocycles. The van der Waals surface area contributed by atoms with Crippen LogP contribution in [0.25, 0.3) is 11.8 Å². The molecule has 1 heterocycles. The van der Waals surface area contributed by atoms with Crippen LogP contribution >= 0.6 is 0 Å². The van der Waals surface area contributed by atoms with Gasteiger partial charge in [0.15, 0.2) is 18.1 Å². The van der Waals surface area contributed by atoms with Crippen molar-refractivity contribution in [2.75, 3.05) is 19.0 Å². The molecule has 0 radical (unpaired) electrons. The lowest BCUT2D eigenvalue weighted by molar-refractivity contribution is -0.142. The van der Waals surface area contributed by atoms with Crippen LogP contribution in [0.15, 0.2) is 54.6 Å². The predicted octanol–water partition coefficient (Wildman–Crippen LogP) is 4.29. The van der Waals surface area contributed by atoms with Crippen molar-refractivity contribution in [1.29, 1.82) is 0 Å². The maximum atomic E-state index is 12.4. The molecule has 0 unspecified atom stereocenters. The molecule has 3 aromatic rings. The lowest BCUT2D eigenvalue weighted by Crippen LogP contribution is -2.20. The van der Waals surface area contributed by atoms with E-state index in [2.05, 4.69) is 15.2 Å². The van der Waals surface area contributed by atoms with Gasteiger partial charge >= 0.3 is 12.6 Å². The van der Waals surface area contributed by atoms with Gasteiger partial charge in [-0.3, -0.25) is 4.79 Å². The first-order valence-corrected chi connectivity index (χ1v) is 10.2. The van der Waals surface area contributed by atoms with Crippen LogP contribution in [-0.2, 0) is 14.3 Å². The Balaban J connectivity index is 1.57. The van der Waals surface area contributed by atoms with Gasteiger partial charge in [-0.2, -0.15) is 13.9 Å². The maximum Gasteiger partial charge on any atom is 0.387 e. The van der Waals surface area contributed by atoms with Crippen molar-refractivity contribution in [1.82, 2.24) is 9.78 Å². The van der Waals surface area contributed by atoms with Gasteiger partial charge in [-0.15, -0.1) is 0 Å². The summed E-state index contributed by atoms with van der Waals surface area (Å²) in [5.74, 6) is -1.32. The van der Waals surface area contributed by atoms with Crippen molar-refractivity contribution in [3.8, 4) is 17.2 Å². The number of benzene rings is 2. The van der Waals surface area contributed by atoms with E-state index in [0.717, 1.165) is 17.5 Å². The maximum absolute atomic E-state index is 12.4. The average molecular weight is 471 g/mol. The topological polar surface area (TPSA) is 91.7 Å². The number of ether oxygens (including phenoxy) is 3. The number of hydrogen-bond acceptors (Lipinski definition) is 6. The summed E-state index contributed by atoms with van der Waals surface area (Å²) in [5.41, 5.74) is 3.23. The summed E-state index contributed by atoms with van der Waals surface area (Å²) >= 11 is 0. The van der Waals surface area contributed by atoms with Gasteiger partial charge in [0, 0.05) is 6.08 Å².